The molecular weight excluding hydrogens is 273 g/mol. The summed E-state index contributed by atoms with van der Waals surface area (Å²) in [5.74, 6) is -0.472. The molecule has 3 rings (SSSR count). The van der Waals surface area contributed by atoms with E-state index in [1.165, 1.54) is 18.3 Å². The number of hydrogen-bond donors (Lipinski definition) is 1. The van der Waals surface area contributed by atoms with Crippen LogP contribution in [0.4, 0.5) is 4.39 Å². The van der Waals surface area contributed by atoms with Gasteiger partial charge >= 0.3 is 0 Å². The number of aromatic nitrogens is 2. The lowest BCUT2D eigenvalue weighted by molar-refractivity contribution is 0.0624. The summed E-state index contributed by atoms with van der Waals surface area (Å²) < 4.78 is 19.8. The van der Waals surface area contributed by atoms with Crippen molar-refractivity contribution in [2.24, 2.45) is 0 Å². The highest BCUT2D eigenvalue weighted by atomic mass is 19.1. The number of halogens is 1. The van der Waals surface area contributed by atoms with Gasteiger partial charge in [-0.2, -0.15) is 5.10 Å². The highest BCUT2D eigenvalue weighted by molar-refractivity contribution is 5.94. The lowest BCUT2D eigenvalue weighted by atomic mass is 10.1. The van der Waals surface area contributed by atoms with Crippen LogP contribution < -0.4 is 5.32 Å². The summed E-state index contributed by atoms with van der Waals surface area (Å²) in [6.07, 6.45) is 5.02. The standard InChI is InChI=1S/C15H16FN3O2/c16-12-3-5-14(6-4-12)19-9-11(8-17-19)15(20)18-13-2-1-7-21-10-13/h3-6,8-9,13H,1-2,7,10H2,(H,18,20)/t13-/m1/s1. The van der Waals surface area contributed by atoms with E-state index >= 15 is 0 Å². The molecule has 1 aliphatic heterocycles. The summed E-state index contributed by atoms with van der Waals surface area (Å²) in [7, 11) is 0. The smallest absolute Gasteiger partial charge is 0.254 e. The van der Waals surface area contributed by atoms with Crippen LogP contribution in [-0.2, 0) is 4.74 Å². The molecule has 1 aliphatic rings. The predicted molar refractivity (Wildman–Crippen MR) is 74.8 cm³/mol. The van der Waals surface area contributed by atoms with Crippen molar-refractivity contribution in [3.05, 3.63) is 48.0 Å². The summed E-state index contributed by atoms with van der Waals surface area (Å²) in [6, 6.07) is 5.99. The Balaban J connectivity index is 1.69. The van der Waals surface area contributed by atoms with Crippen molar-refractivity contribution in [3.8, 4) is 5.69 Å². The molecule has 0 spiro atoms. The zero-order valence-corrected chi connectivity index (χ0v) is 11.5. The molecule has 6 heteroatoms. The lowest BCUT2D eigenvalue weighted by Crippen LogP contribution is -2.40. The SMILES string of the molecule is O=C(N[C@@H]1CCCOC1)c1cnn(-c2ccc(F)cc2)c1. The van der Waals surface area contributed by atoms with Crippen molar-refractivity contribution in [2.45, 2.75) is 18.9 Å². The summed E-state index contributed by atoms with van der Waals surface area (Å²) in [5, 5.41) is 7.06. The first-order valence-corrected chi connectivity index (χ1v) is 6.91. The number of carbonyl (C=O) groups is 1. The van der Waals surface area contributed by atoms with Gasteiger partial charge in [-0.15, -0.1) is 0 Å². The van der Waals surface area contributed by atoms with Crippen molar-refractivity contribution in [2.75, 3.05) is 13.2 Å². The molecule has 1 saturated heterocycles. The van der Waals surface area contributed by atoms with E-state index in [1.807, 2.05) is 0 Å². The van der Waals surface area contributed by atoms with Gasteiger partial charge in [0, 0.05) is 12.8 Å². The fourth-order valence-corrected chi connectivity index (χ4v) is 2.30. The molecule has 0 unspecified atom stereocenters. The van der Waals surface area contributed by atoms with Gasteiger partial charge in [-0.25, -0.2) is 9.07 Å². The summed E-state index contributed by atoms with van der Waals surface area (Å²) in [4.78, 5) is 12.1. The maximum absolute atomic E-state index is 12.9. The maximum Gasteiger partial charge on any atom is 0.254 e. The minimum atomic E-state index is -0.304. The van der Waals surface area contributed by atoms with Crippen molar-refractivity contribution >= 4 is 5.91 Å². The molecule has 2 aromatic rings. The zero-order valence-electron chi connectivity index (χ0n) is 11.5. The van der Waals surface area contributed by atoms with E-state index in [-0.39, 0.29) is 17.8 Å². The average molecular weight is 289 g/mol. The molecular formula is C15H16FN3O2. The fraction of sp³-hybridized carbons (Fsp3) is 0.333. The van der Waals surface area contributed by atoms with Crippen LogP contribution in [0.25, 0.3) is 5.69 Å². The first kappa shape index (κ1) is 13.8. The van der Waals surface area contributed by atoms with Crippen molar-refractivity contribution < 1.29 is 13.9 Å². The van der Waals surface area contributed by atoms with Gasteiger partial charge in [-0.3, -0.25) is 4.79 Å². The number of benzene rings is 1. The topological polar surface area (TPSA) is 56.1 Å². The van der Waals surface area contributed by atoms with E-state index in [9.17, 15) is 9.18 Å². The molecule has 110 valence electrons. The fourth-order valence-electron chi connectivity index (χ4n) is 2.30. The Morgan fingerprint density at radius 2 is 2.19 bits per heavy atom. The third kappa shape index (κ3) is 3.28. The van der Waals surface area contributed by atoms with Crippen LogP contribution in [0.2, 0.25) is 0 Å². The Labute approximate surface area is 121 Å². The Hall–Kier alpha value is -2.21. The van der Waals surface area contributed by atoms with Crippen molar-refractivity contribution in [3.63, 3.8) is 0 Å². The lowest BCUT2D eigenvalue weighted by Gasteiger charge is -2.22. The molecule has 0 bridgehead atoms. The van der Waals surface area contributed by atoms with E-state index in [1.54, 1.807) is 23.0 Å². The van der Waals surface area contributed by atoms with Gasteiger partial charge in [-0.05, 0) is 37.1 Å². The quantitative estimate of drug-likeness (QED) is 0.939. The molecule has 21 heavy (non-hydrogen) atoms. The van der Waals surface area contributed by atoms with Gasteiger partial charge < -0.3 is 10.1 Å². The molecule has 0 aliphatic carbocycles. The Bertz CT molecular complexity index is 618. The van der Waals surface area contributed by atoms with E-state index in [2.05, 4.69) is 10.4 Å². The third-order valence-electron chi connectivity index (χ3n) is 3.43. The van der Waals surface area contributed by atoms with Gasteiger partial charge in [0.15, 0.2) is 0 Å². The van der Waals surface area contributed by atoms with Gasteiger partial charge in [0.2, 0.25) is 0 Å². The number of nitrogens with zero attached hydrogens (tertiary/aromatic N) is 2. The maximum atomic E-state index is 12.9. The molecule has 2 heterocycles. The number of hydrogen-bond acceptors (Lipinski definition) is 3. The largest absolute Gasteiger partial charge is 0.379 e. The Morgan fingerprint density at radius 3 is 2.90 bits per heavy atom. The van der Waals surface area contributed by atoms with E-state index in [0.717, 1.165) is 19.4 Å². The monoisotopic (exact) mass is 289 g/mol. The summed E-state index contributed by atoms with van der Waals surface area (Å²) in [5.41, 5.74) is 1.18. The van der Waals surface area contributed by atoms with E-state index < -0.39 is 0 Å². The van der Waals surface area contributed by atoms with Gasteiger partial charge in [0.25, 0.3) is 5.91 Å². The number of ether oxygens (including phenoxy) is 1. The number of amides is 1. The van der Waals surface area contributed by atoms with Crippen LogP contribution >= 0.6 is 0 Å². The molecule has 0 radical (unpaired) electrons. The van der Waals surface area contributed by atoms with Gasteiger partial charge in [-0.1, -0.05) is 0 Å². The highest BCUT2D eigenvalue weighted by Crippen LogP contribution is 2.11. The van der Waals surface area contributed by atoms with Crippen LogP contribution in [0.15, 0.2) is 36.7 Å². The average Bonchev–Trinajstić information content (AvgIpc) is 2.99. The normalized spacial score (nSPS) is 18.4. The Morgan fingerprint density at radius 1 is 1.38 bits per heavy atom. The molecule has 5 nitrogen and oxygen atoms in total. The van der Waals surface area contributed by atoms with E-state index in [0.29, 0.717) is 17.9 Å². The number of rotatable bonds is 3. The third-order valence-corrected chi connectivity index (χ3v) is 3.43. The van der Waals surface area contributed by atoms with Gasteiger partial charge in [0.05, 0.1) is 30.1 Å². The molecule has 1 aromatic carbocycles. The molecule has 1 atom stereocenters. The van der Waals surface area contributed by atoms with Crippen LogP contribution in [0, 0.1) is 5.82 Å². The number of carbonyl (C=O) groups excluding carboxylic acids is 1. The minimum absolute atomic E-state index is 0.0559. The van der Waals surface area contributed by atoms with Crippen LogP contribution in [-0.4, -0.2) is 34.9 Å². The molecule has 0 saturated carbocycles. The second-order valence-electron chi connectivity index (χ2n) is 5.04. The first-order chi connectivity index (χ1) is 10.2. The zero-order chi connectivity index (χ0) is 14.7. The number of nitrogens with one attached hydrogen (secondary N) is 1. The predicted octanol–water partition coefficient (Wildman–Crippen LogP) is 1.92. The second-order valence-corrected chi connectivity index (χ2v) is 5.04. The van der Waals surface area contributed by atoms with Crippen molar-refractivity contribution in [1.29, 1.82) is 0 Å². The summed E-state index contributed by atoms with van der Waals surface area (Å²) in [6.45, 7) is 1.31. The van der Waals surface area contributed by atoms with Crippen LogP contribution in [0.1, 0.15) is 23.2 Å². The van der Waals surface area contributed by atoms with E-state index in [4.69, 9.17) is 4.74 Å². The highest BCUT2D eigenvalue weighted by Gasteiger charge is 2.18. The molecule has 1 fully saturated rings. The van der Waals surface area contributed by atoms with Crippen LogP contribution in [0.3, 0.4) is 0 Å². The Kier molecular flexibility index (Phi) is 3.96. The van der Waals surface area contributed by atoms with Crippen molar-refractivity contribution in [1.82, 2.24) is 15.1 Å². The first-order valence-electron chi connectivity index (χ1n) is 6.91. The minimum Gasteiger partial charge on any atom is -0.379 e. The summed E-state index contributed by atoms with van der Waals surface area (Å²) >= 11 is 0. The molecule has 1 aromatic heterocycles. The molecule has 1 N–H and O–H groups in total. The van der Waals surface area contributed by atoms with Gasteiger partial charge in [0.1, 0.15) is 5.82 Å². The molecule has 1 amide bonds. The second kappa shape index (κ2) is 6.05. The van der Waals surface area contributed by atoms with Crippen LogP contribution in [0.5, 0.6) is 0 Å².